The topological polar surface area (TPSA) is 104 Å². The lowest BCUT2D eigenvalue weighted by molar-refractivity contribution is -0.138. The molecular formula is C12H20N4O3. The second-order valence-electron chi connectivity index (χ2n) is 4.77. The third kappa shape index (κ3) is 3.24. The lowest BCUT2D eigenvalue weighted by Crippen LogP contribution is -2.47. The third-order valence-electron chi connectivity index (χ3n) is 3.40. The zero-order valence-corrected chi connectivity index (χ0v) is 11.1. The number of H-pyrrole nitrogens is 2. The van der Waals surface area contributed by atoms with Gasteiger partial charge in [0.1, 0.15) is 0 Å². The summed E-state index contributed by atoms with van der Waals surface area (Å²) in [6.07, 6.45) is 0.876. The molecular weight excluding hydrogens is 248 g/mol. The zero-order chi connectivity index (χ0) is 13.8. The number of carbonyl (C=O) groups is 1. The van der Waals surface area contributed by atoms with Gasteiger partial charge in [0.15, 0.2) is 0 Å². The molecule has 0 aromatic carbocycles. The van der Waals surface area contributed by atoms with Crippen LogP contribution in [0.1, 0.15) is 17.7 Å². The summed E-state index contributed by atoms with van der Waals surface area (Å²) in [6.45, 7) is 3.97. The van der Waals surface area contributed by atoms with Gasteiger partial charge in [-0.1, -0.05) is 0 Å². The Morgan fingerprint density at radius 2 is 2.32 bits per heavy atom. The summed E-state index contributed by atoms with van der Waals surface area (Å²) in [4.78, 5) is 25.5. The fourth-order valence-corrected chi connectivity index (χ4v) is 2.25. The number of nitrogens with one attached hydrogen (secondary N) is 2. The predicted octanol–water partition coefficient (Wildman–Crippen LogP) is -0.870. The Kier molecular flexibility index (Phi) is 4.39. The molecule has 7 nitrogen and oxygen atoms in total. The molecule has 0 spiro atoms. The molecule has 1 amide bonds. The lowest BCUT2D eigenvalue weighted by Gasteiger charge is -2.32. The first-order chi connectivity index (χ1) is 9.11. The van der Waals surface area contributed by atoms with Gasteiger partial charge in [-0.25, -0.2) is 0 Å². The second-order valence-corrected chi connectivity index (χ2v) is 4.77. The Balaban J connectivity index is 1.98. The van der Waals surface area contributed by atoms with Crippen LogP contribution in [-0.4, -0.2) is 53.3 Å². The lowest BCUT2D eigenvalue weighted by atomic mass is 10.1. The van der Waals surface area contributed by atoms with Crippen LogP contribution in [0.4, 0.5) is 0 Å². The molecule has 1 aromatic heterocycles. The normalized spacial score (nSPS) is 19.7. The molecule has 0 aliphatic carbocycles. The van der Waals surface area contributed by atoms with Gasteiger partial charge in [-0.05, 0) is 19.9 Å². The number of hydrogen-bond donors (Lipinski definition) is 3. The van der Waals surface area contributed by atoms with Crippen molar-refractivity contribution in [1.29, 1.82) is 0 Å². The number of nitrogens with zero attached hydrogens (tertiary/aromatic N) is 1. The van der Waals surface area contributed by atoms with Crippen molar-refractivity contribution in [3.63, 3.8) is 0 Å². The van der Waals surface area contributed by atoms with Crippen molar-refractivity contribution in [2.75, 3.05) is 26.2 Å². The maximum Gasteiger partial charge on any atom is 0.267 e. The minimum Gasteiger partial charge on any atom is -0.374 e. The molecule has 1 aliphatic heterocycles. The van der Waals surface area contributed by atoms with Crippen LogP contribution in [0.25, 0.3) is 0 Å². The molecule has 106 valence electrons. The summed E-state index contributed by atoms with van der Waals surface area (Å²) in [5.41, 5.74) is 6.49. The number of amides is 1. The molecule has 4 N–H and O–H groups in total. The fraction of sp³-hybridized carbons (Fsp3) is 0.667. The van der Waals surface area contributed by atoms with Gasteiger partial charge in [-0.15, -0.1) is 0 Å². The monoisotopic (exact) mass is 268 g/mol. The average molecular weight is 268 g/mol. The first-order valence-corrected chi connectivity index (χ1v) is 6.47. The summed E-state index contributed by atoms with van der Waals surface area (Å²) in [5, 5.41) is 5.21. The van der Waals surface area contributed by atoms with Gasteiger partial charge in [0, 0.05) is 24.3 Å². The van der Waals surface area contributed by atoms with E-state index in [1.165, 1.54) is 0 Å². The number of carbonyl (C=O) groups excluding carboxylic acids is 1. The van der Waals surface area contributed by atoms with E-state index in [0.29, 0.717) is 37.5 Å². The molecule has 2 rings (SSSR count). The highest BCUT2D eigenvalue weighted by atomic mass is 16.5. The standard InChI is InChI=1S/C12H20N4O3/c1-8-10(12(18)15-14-8)6-11(17)16-4-5-19-9(7-16)2-3-13/h9H,2-7,13H2,1H3,(H2,14,15,18)/t9-/m1/s1. The van der Waals surface area contributed by atoms with Crippen LogP contribution in [0, 0.1) is 6.92 Å². The Bertz CT molecular complexity index is 491. The highest BCUT2D eigenvalue weighted by Crippen LogP contribution is 2.10. The van der Waals surface area contributed by atoms with Gasteiger partial charge in [0.25, 0.3) is 5.56 Å². The molecule has 7 heteroatoms. The first kappa shape index (κ1) is 13.8. The van der Waals surface area contributed by atoms with E-state index < -0.39 is 0 Å². The molecule has 1 aromatic rings. The molecule has 19 heavy (non-hydrogen) atoms. The first-order valence-electron chi connectivity index (χ1n) is 6.47. The molecule has 0 bridgehead atoms. The molecule has 0 saturated carbocycles. The highest BCUT2D eigenvalue weighted by molar-refractivity contribution is 5.79. The maximum absolute atomic E-state index is 12.2. The van der Waals surface area contributed by atoms with Gasteiger partial charge < -0.3 is 20.5 Å². The van der Waals surface area contributed by atoms with Gasteiger partial charge in [0.2, 0.25) is 5.91 Å². The number of aryl methyl sites for hydroxylation is 1. The van der Waals surface area contributed by atoms with Crippen LogP contribution >= 0.6 is 0 Å². The number of nitrogens with two attached hydrogens (primary N) is 1. The third-order valence-corrected chi connectivity index (χ3v) is 3.40. The molecule has 1 atom stereocenters. The van der Waals surface area contributed by atoms with E-state index in [4.69, 9.17) is 10.5 Å². The van der Waals surface area contributed by atoms with Gasteiger partial charge in [-0.3, -0.25) is 14.7 Å². The minimum absolute atomic E-state index is 0.00769. The van der Waals surface area contributed by atoms with E-state index in [0.717, 1.165) is 6.42 Å². The highest BCUT2D eigenvalue weighted by Gasteiger charge is 2.24. The van der Waals surface area contributed by atoms with Crippen molar-refractivity contribution >= 4 is 5.91 Å². The van der Waals surface area contributed by atoms with E-state index in [1.54, 1.807) is 11.8 Å². The number of aromatic nitrogens is 2. The van der Waals surface area contributed by atoms with Crippen LogP contribution in [0.5, 0.6) is 0 Å². The van der Waals surface area contributed by atoms with Crippen molar-refractivity contribution in [3.05, 3.63) is 21.6 Å². The molecule has 0 unspecified atom stereocenters. The predicted molar refractivity (Wildman–Crippen MR) is 69.8 cm³/mol. The van der Waals surface area contributed by atoms with Crippen molar-refractivity contribution in [2.24, 2.45) is 5.73 Å². The van der Waals surface area contributed by atoms with Gasteiger partial charge in [-0.2, -0.15) is 0 Å². The number of rotatable bonds is 4. The number of ether oxygens (including phenoxy) is 1. The van der Waals surface area contributed by atoms with Crippen LogP contribution in [0.2, 0.25) is 0 Å². The number of morpholine rings is 1. The smallest absolute Gasteiger partial charge is 0.267 e. The molecule has 1 fully saturated rings. The SMILES string of the molecule is Cc1[nH][nH]c(=O)c1CC(=O)N1CCO[C@H](CCN)C1. The van der Waals surface area contributed by atoms with Crippen molar-refractivity contribution in [3.8, 4) is 0 Å². The van der Waals surface area contributed by atoms with Crippen molar-refractivity contribution < 1.29 is 9.53 Å². The number of hydrogen-bond acceptors (Lipinski definition) is 4. The van der Waals surface area contributed by atoms with E-state index in [1.807, 2.05) is 0 Å². The van der Waals surface area contributed by atoms with Crippen LogP contribution in [0.15, 0.2) is 4.79 Å². The Hall–Kier alpha value is -1.60. The minimum atomic E-state index is -0.224. The second kappa shape index (κ2) is 6.03. The maximum atomic E-state index is 12.2. The van der Waals surface area contributed by atoms with E-state index >= 15 is 0 Å². The van der Waals surface area contributed by atoms with E-state index in [2.05, 4.69) is 10.2 Å². The van der Waals surface area contributed by atoms with Crippen LogP contribution < -0.4 is 11.3 Å². The molecule has 0 radical (unpaired) electrons. The van der Waals surface area contributed by atoms with E-state index in [9.17, 15) is 9.59 Å². The van der Waals surface area contributed by atoms with Crippen molar-refractivity contribution in [1.82, 2.24) is 15.1 Å². The van der Waals surface area contributed by atoms with E-state index in [-0.39, 0.29) is 24.0 Å². The average Bonchev–Trinajstić information content (AvgIpc) is 2.71. The zero-order valence-electron chi connectivity index (χ0n) is 11.1. The quantitative estimate of drug-likeness (QED) is 0.660. The fourth-order valence-electron chi connectivity index (χ4n) is 2.25. The summed E-state index contributed by atoms with van der Waals surface area (Å²) in [7, 11) is 0. The summed E-state index contributed by atoms with van der Waals surface area (Å²) in [5.74, 6) is -0.0430. The van der Waals surface area contributed by atoms with Crippen LogP contribution in [0.3, 0.4) is 0 Å². The molecule has 1 aliphatic rings. The molecule has 1 saturated heterocycles. The Morgan fingerprint density at radius 1 is 1.53 bits per heavy atom. The summed E-state index contributed by atoms with van der Waals surface area (Å²) in [6, 6.07) is 0. The molecule has 2 heterocycles. The van der Waals surface area contributed by atoms with Gasteiger partial charge in [0.05, 0.1) is 19.1 Å². The van der Waals surface area contributed by atoms with Crippen molar-refractivity contribution in [2.45, 2.75) is 25.9 Å². The Morgan fingerprint density at radius 3 is 2.95 bits per heavy atom. The largest absolute Gasteiger partial charge is 0.374 e. The number of aromatic amines is 2. The van der Waals surface area contributed by atoms with Gasteiger partial charge >= 0.3 is 0 Å². The Labute approximate surface area is 111 Å². The van der Waals surface area contributed by atoms with Crippen LogP contribution in [-0.2, 0) is 16.0 Å². The summed E-state index contributed by atoms with van der Waals surface area (Å²) < 4.78 is 5.53. The summed E-state index contributed by atoms with van der Waals surface area (Å²) >= 11 is 0.